The van der Waals surface area contributed by atoms with Crippen molar-refractivity contribution in [1.82, 2.24) is 0 Å². The average molecular weight is 402 g/mol. The normalized spacial score (nSPS) is 34.3. The number of aliphatic hydroxyl groups is 3. The number of benzene rings is 2. The summed E-state index contributed by atoms with van der Waals surface area (Å²) in [4.78, 5) is 13.2. The number of aliphatic hydroxyl groups excluding tert-OH is 3. The summed E-state index contributed by atoms with van der Waals surface area (Å²) in [5.74, 6) is -0.235. The molecule has 1 fully saturated rings. The predicted octanol–water partition coefficient (Wildman–Crippen LogP) is 0.921. The molecule has 2 aliphatic rings. The van der Waals surface area contributed by atoms with Gasteiger partial charge in [-0.05, 0) is 24.6 Å². The lowest BCUT2D eigenvalue weighted by molar-refractivity contribution is -0.304. The Kier molecular flexibility index (Phi) is 5.28. The number of ether oxygens (including phenoxy) is 3. The monoisotopic (exact) mass is 402 g/mol. The Morgan fingerprint density at radius 1 is 0.966 bits per heavy atom. The molecule has 8 nitrogen and oxygen atoms in total. The van der Waals surface area contributed by atoms with Gasteiger partial charge < -0.3 is 34.6 Å². The molecule has 4 rings (SSSR count). The van der Waals surface area contributed by atoms with Crippen LogP contribution in [0.5, 0.6) is 11.5 Å². The van der Waals surface area contributed by atoms with Crippen LogP contribution in [0.25, 0.3) is 0 Å². The lowest BCUT2D eigenvalue weighted by Gasteiger charge is -2.42. The second-order valence-corrected chi connectivity index (χ2v) is 7.23. The number of rotatable bonds is 3. The maximum atomic E-state index is 13.2. The van der Waals surface area contributed by atoms with Crippen LogP contribution in [0.4, 0.5) is 0 Å². The van der Waals surface area contributed by atoms with E-state index < -0.39 is 48.7 Å². The van der Waals surface area contributed by atoms with E-state index in [2.05, 4.69) is 0 Å². The van der Waals surface area contributed by atoms with Crippen LogP contribution in [0.15, 0.2) is 48.5 Å². The lowest BCUT2D eigenvalue weighted by Crippen LogP contribution is -2.59. The van der Waals surface area contributed by atoms with Crippen molar-refractivity contribution < 1.29 is 39.4 Å². The average Bonchev–Trinajstić information content (AvgIpc) is 2.72. The highest BCUT2D eigenvalue weighted by atomic mass is 16.7. The van der Waals surface area contributed by atoms with E-state index in [1.807, 2.05) is 6.07 Å². The first-order valence-corrected chi connectivity index (χ1v) is 9.31. The van der Waals surface area contributed by atoms with Gasteiger partial charge in [0.2, 0.25) is 0 Å². The first kappa shape index (κ1) is 19.8. The van der Waals surface area contributed by atoms with Gasteiger partial charge in [-0.3, -0.25) is 4.79 Å². The second-order valence-electron chi connectivity index (χ2n) is 7.23. The highest BCUT2D eigenvalue weighted by Gasteiger charge is 2.47. The molecular formula is C21H22O8. The molecule has 0 amide bonds. The standard InChI is InChI=1S/C21H22O8/c1-10-15(23)17(25)18(26)21(27-10)29-20-16(24)13-8-7-12(22)9-14(13)28-19(20)11-5-3-2-4-6-11/h2-10,15,17-23,25-26H,1H3/t10-,15-,17+,18+,19?,20?,21-/m0/s1. The van der Waals surface area contributed by atoms with Crippen LogP contribution in [0.1, 0.15) is 28.9 Å². The van der Waals surface area contributed by atoms with Crippen molar-refractivity contribution in [3.05, 3.63) is 59.7 Å². The summed E-state index contributed by atoms with van der Waals surface area (Å²) >= 11 is 0. The van der Waals surface area contributed by atoms with E-state index in [0.29, 0.717) is 5.56 Å². The van der Waals surface area contributed by atoms with Crippen molar-refractivity contribution >= 4 is 5.78 Å². The Labute approximate surface area is 166 Å². The highest BCUT2D eigenvalue weighted by Crippen LogP contribution is 2.39. The Balaban J connectivity index is 1.69. The van der Waals surface area contributed by atoms with Gasteiger partial charge in [-0.25, -0.2) is 0 Å². The van der Waals surface area contributed by atoms with E-state index in [-0.39, 0.29) is 17.1 Å². The summed E-state index contributed by atoms with van der Waals surface area (Å²) in [6, 6.07) is 13.1. The highest BCUT2D eigenvalue weighted by molar-refractivity contribution is 6.03. The molecule has 1 saturated heterocycles. The van der Waals surface area contributed by atoms with E-state index in [4.69, 9.17) is 14.2 Å². The summed E-state index contributed by atoms with van der Waals surface area (Å²) < 4.78 is 17.3. The smallest absolute Gasteiger partial charge is 0.199 e. The number of hydrogen-bond donors (Lipinski definition) is 4. The van der Waals surface area contributed by atoms with Gasteiger partial charge in [0.05, 0.1) is 11.7 Å². The number of aromatic hydroxyl groups is 1. The van der Waals surface area contributed by atoms with Crippen LogP contribution >= 0.6 is 0 Å². The molecule has 2 aromatic carbocycles. The van der Waals surface area contributed by atoms with Gasteiger partial charge in [0.1, 0.15) is 29.8 Å². The van der Waals surface area contributed by atoms with Crippen LogP contribution in [-0.2, 0) is 9.47 Å². The zero-order chi connectivity index (χ0) is 20.7. The Bertz CT molecular complexity index is 886. The summed E-state index contributed by atoms with van der Waals surface area (Å²) in [6.07, 6.45) is -8.51. The van der Waals surface area contributed by atoms with E-state index in [1.54, 1.807) is 24.3 Å². The Hall–Kier alpha value is -2.49. The van der Waals surface area contributed by atoms with Crippen LogP contribution < -0.4 is 4.74 Å². The number of carbonyl (C=O) groups is 1. The SMILES string of the molecule is C[C@@H]1O[C@@H](OC2C(=O)c3ccc(O)cc3OC2c2ccccc2)[C@H](O)[C@H](O)[C@H]1O. The molecule has 0 radical (unpaired) electrons. The van der Waals surface area contributed by atoms with Gasteiger partial charge in [0, 0.05) is 6.07 Å². The number of phenolic OH excluding ortho intramolecular Hbond substituents is 1. The number of fused-ring (bicyclic) bond motifs is 1. The molecule has 0 spiro atoms. The van der Waals surface area contributed by atoms with Crippen molar-refractivity contribution in [3.63, 3.8) is 0 Å². The number of phenols is 1. The largest absolute Gasteiger partial charge is 0.508 e. The number of ketones is 1. The molecule has 7 atom stereocenters. The molecule has 0 aliphatic carbocycles. The molecule has 0 aromatic heterocycles. The van der Waals surface area contributed by atoms with Crippen LogP contribution in [0.2, 0.25) is 0 Å². The second kappa shape index (κ2) is 7.74. The summed E-state index contributed by atoms with van der Waals surface area (Å²) in [5, 5.41) is 40.0. The molecule has 2 aromatic rings. The fourth-order valence-electron chi connectivity index (χ4n) is 3.59. The van der Waals surface area contributed by atoms with E-state index in [0.717, 1.165) is 0 Å². The summed E-state index contributed by atoms with van der Waals surface area (Å²) in [5.41, 5.74) is 0.873. The zero-order valence-electron chi connectivity index (χ0n) is 15.6. The zero-order valence-corrected chi connectivity index (χ0v) is 15.6. The van der Waals surface area contributed by atoms with Crippen LogP contribution in [0, 0.1) is 0 Å². The van der Waals surface area contributed by atoms with Crippen molar-refractivity contribution in [3.8, 4) is 11.5 Å². The van der Waals surface area contributed by atoms with Gasteiger partial charge >= 0.3 is 0 Å². The van der Waals surface area contributed by atoms with Crippen molar-refractivity contribution in [2.75, 3.05) is 0 Å². The van der Waals surface area contributed by atoms with Crippen LogP contribution in [0.3, 0.4) is 0 Å². The molecular weight excluding hydrogens is 380 g/mol. The van der Waals surface area contributed by atoms with E-state index in [1.165, 1.54) is 25.1 Å². The van der Waals surface area contributed by atoms with Gasteiger partial charge in [0.15, 0.2) is 24.3 Å². The minimum Gasteiger partial charge on any atom is -0.508 e. The van der Waals surface area contributed by atoms with Crippen molar-refractivity contribution in [1.29, 1.82) is 0 Å². The predicted molar refractivity (Wildman–Crippen MR) is 99.5 cm³/mol. The van der Waals surface area contributed by atoms with Gasteiger partial charge in [-0.2, -0.15) is 0 Å². The first-order chi connectivity index (χ1) is 13.9. The Morgan fingerprint density at radius 2 is 1.69 bits per heavy atom. The molecule has 154 valence electrons. The topological polar surface area (TPSA) is 126 Å². The third-order valence-electron chi connectivity index (χ3n) is 5.24. The molecule has 2 aliphatic heterocycles. The quantitative estimate of drug-likeness (QED) is 0.597. The molecule has 2 unspecified atom stereocenters. The fourth-order valence-corrected chi connectivity index (χ4v) is 3.59. The maximum Gasteiger partial charge on any atom is 0.199 e. The van der Waals surface area contributed by atoms with Gasteiger partial charge in [0.25, 0.3) is 0 Å². The molecule has 4 N–H and O–H groups in total. The molecule has 8 heteroatoms. The molecule has 0 saturated carbocycles. The molecule has 29 heavy (non-hydrogen) atoms. The number of hydrogen-bond acceptors (Lipinski definition) is 8. The third kappa shape index (κ3) is 3.61. The van der Waals surface area contributed by atoms with E-state index in [9.17, 15) is 25.2 Å². The summed E-state index contributed by atoms with van der Waals surface area (Å²) in [7, 11) is 0. The third-order valence-corrected chi connectivity index (χ3v) is 5.24. The minimum absolute atomic E-state index is 0.0419. The van der Waals surface area contributed by atoms with Gasteiger partial charge in [-0.1, -0.05) is 30.3 Å². The van der Waals surface area contributed by atoms with Crippen molar-refractivity contribution in [2.45, 2.75) is 49.8 Å². The fraction of sp³-hybridized carbons (Fsp3) is 0.381. The minimum atomic E-state index is -1.55. The molecule has 2 heterocycles. The van der Waals surface area contributed by atoms with E-state index >= 15 is 0 Å². The lowest BCUT2D eigenvalue weighted by atomic mass is 9.93. The molecule has 0 bridgehead atoms. The number of Topliss-reactive ketones (excluding diaryl/α,β-unsaturated/α-hetero) is 1. The number of carbonyl (C=O) groups excluding carboxylic acids is 1. The van der Waals surface area contributed by atoms with Crippen molar-refractivity contribution in [2.24, 2.45) is 0 Å². The Morgan fingerprint density at radius 3 is 2.41 bits per heavy atom. The first-order valence-electron chi connectivity index (χ1n) is 9.31. The van der Waals surface area contributed by atoms with Crippen LogP contribution in [-0.4, -0.2) is 63.0 Å². The van der Waals surface area contributed by atoms with Gasteiger partial charge in [-0.15, -0.1) is 0 Å². The maximum absolute atomic E-state index is 13.2. The summed E-state index contributed by atoms with van der Waals surface area (Å²) in [6.45, 7) is 1.53.